The Morgan fingerprint density at radius 3 is 2.20 bits per heavy atom. The first-order valence-electron chi connectivity index (χ1n) is 16.2. The molecule has 8 nitrogen and oxygen atoms in total. The molecule has 49 heavy (non-hydrogen) atoms. The highest BCUT2D eigenvalue weighted by Crippen LogP contribution is 2.65. The number of anilines is 2. The van der Waals surface area contributed by atoms with Crippen molar-refractivity contribution >= 4 is 66.9 Å². The third-order valence-corrected chi connectivity index (χ3v) is 11.8. The molecule has 4 aromatic rings. The summed E-state index contributed by atoms with van der Waals surface area (Å²) < 4.78 is 1.52. The molecule has 2 aliphatic carbocycles. The van der Waals surface area contributed by atoms with Crippen molar-refractivity contribution < 1.29 is 24.3 Å². The largest absolute Gasteiger partial charge is 0.508 e. The van der Waals surface area contributed by atoms with Crippen LogP contribution in [0.4, 0.5) is 11.4 Å². The smallest absolute Gasteiger partial charge is 0.260 e. The SMILES string of the molecule is Cc1ccc(NN2C(=O)[C@@H]3C[C@@H]4C(=CC[C@@H]5C(=O)N(c6ccc(Br)cc6)C(=O)[C@@H]54)[C@H](c4cc(Br)ccc4O)[C@]3(c3ccccc3)C2=O)cc1. The number of aromatic hydroxyl groups is 1. The Hall–Kier alpha value is -4.54. The number of allylic oxidation sites excluding steroid dienone is 2. The number of fused-ring (bicyclic) bond motifs is 4. The maximum absolute atomic E-state index is 15.2. The lowest BCUT2D eigenvalue weighted by atomic mass is 9.49. The predicted molar refractivity (Wildman–Crippen MR) is 191 cm³/mol. The minimum Gasteiger partial charge on any atom is -0.508 e. The van der Waals surface area contributed by atoms with Crippen LogP contribution >= 0.6 is 31.9 Å². The van der Waals surface area contributed by atoms with Crippen molar-refractivity contribution in [2.45, 2.75) is 31.1 Å². The molecule has 2 saturated heterocycles. The maximum Gasteiger partial charge on any atom is 0.260 e. The Balaban J connectivity index is 1.33. The number of amides is 4. The number of aryl methyl sites for hydroxylation is 1. The van der Waals surface area contributed by atoms with Gasteiger partial charge in [0.05, 0.1) is 34.5 Å². The molecule has 2 aliphatic heterocycles. The Morgan fingerprint density at radius 1 is 0.796 bits per heavy atom. The molecule has 0 bridgehead atoms. The van der Waals surface area contributed by atoms with Gasteiger partial charge in [-0.2, -0.15) is 5.01 Å². The summed E-state index contributed by atoms with van der Waals surface area (Å²) in [6.07, 6.45) is 2.46. The molecule has 3 fully saturated rings. The van der Waals surface area contributed by atoms with Gasteiger partial charge in [-0.15, -0.1) is 0 Å². The minimum absolute atomic E-state index is 0.0264. The molecule has 1 saturated carbocycles. The van der Waals surface area contributed by atoms with E-state index in [2.05, 4.69) is 37.3 Å². The van der Waals surface area contributed by atoms with Crippen LogP contribution in [0.5, 0.6) is 5.75 Å². The van der Waals surface area contributed by atoms with Crippen LogP contribution in [0.1, 0.15) is 35.4 Å². The second-order valence-electron chi connectivity index (χ2n) is 13.3. The topological polar surface area (TPSA) is 107 Å². The zero-order chi connectivity index (χ0) is 34.2. The molecule has 6 atom stereocenters. The van der Waals surface area contributed by atoms with E-state index in [1.807, 2.05) is 67.6 Å². The number of phenolic OH excluding ortho intramolecular Hbond substituents is 1. The molecular weight excluding hydrogens is 750 g/mol. The van der Waals surface area contributed by atoms with E-state index >= 15 is 4.79 Å². The highest BCUT2D eigenvalue weighted by molar-refractivity contribution is 9.10. The van der Waals surface area contributed by atoms with Crippen LogP contribution in [0, 0.1) is 30.6 Å². The average Bonchev–Trinajstić information content (AvgIpc) is 3.48. The molecule has 0 unspecified atom stereocenters. The maximum atomic E-state index is 15.2. The molecule has 8 rings (SSSR count). The zero-order valence-electron chi connectivity index (χ0n) is 26.3. The first kappa shape index (κ1) is 31.7. The van der Waals surface area contributed by atoms with Crippen LogP contribution < -0.4 is 10.3 Å². The van der Waals surface area contributed by atoms with Gasteiger partial charge < -0.3 is 5.11 Å². The summed E-state index contributed by atoms with van der Waals surface area (Å²) in [5, 5.41) is 12.6. The van der Waals surface area contributed by atoms with Gasteiger partial charge in [0.2, 0.25) is 11.8 Å². The van der Waals surface area contributed by atoms with Crippen LogP contribution in [0.2, 0.25) is 0 Å². The summed E-state index contributed by atoms with van der Waals surface area (Å²) >= 11 is 7.00. The number of nitrogens with zero attached hydrogens (tertiary/aromatic N) is 2. The van der Waals surface area contributed by atoms with Crippen molar-refractivity contribution in [3.63, 3.8) is 0 Å². The molecule has 2 N–H and O–H groups in total. The molecule has 0 radical (unpaired) electrons. The van der Waals surface area contributed by atoms with Crippen molar-refractivity contribution in [2.75, 3.05) is 10.3 Å². The Morgan fingerprint density at radius 2 is 1.49 bits per heavy atom. The summed E-state index contributed by atoms with van der Waals surface area (Å²) in [6, 6.07) is 28.9. The zero-order valence-corrected chi connectivity index (χ0v) is 29.5. The second kappa shape index (κ2) is 11.8. The van der Waals surface area contributed by atoms with Crippen LogP contribution in [0.25, 0.3) is 0 Å². The van der Waals surface area contributed by atoms with Gasteiger partial charge in [-0.05, 0) is 85.8 Å². The van der Waals surface area contributed by atoms with Gasteiger partial charge in [-0.1, -0.05) is 91.5 Å². The predicted octanol–water partition coefficient (Wildman–Crippen LogP) is 7.42. The van der Waals surface area contributed by atoms with Gasteiger partial charge in [0, 0.05) is 20.4 Å². The van der Waals surface area contributed by atoms with Crippen molar-refractivity contribution in [3.8, 4) is 5.75 Å². The first-order valence-corrected chi connectivity index (χ1v) is 17.8. The van der Waals surface area contributed by atoms with Crippen LogP contribution in [-0.4, -0.2) is 33.7 Å². The molecule has 246 valence electrons. The van der Waals surface area contributed by atoms with Crippen LogP contribution in [0.3, 0.4) is 0 Å². The third-order valence-electron chi connectivity index (χ3n) is 10.8. The molecular formula is C39H31Br2N3O5. The van der Waals surface area contributed by atoms with E-state index in [0.29, 0.717) is 33.4 Å². The lowest BCUT2D eigenvalue weighted by Crippen LogP contribution is -2.53. The van der Waals surface area contributed by atoms with E-state index in [-0.39, 0.29) is 24.0 Å². The Labute approximate surface area is 300 Å². The minimum atomic E-state index is -1.46. The summed E-state index contributed by atoms with van der Waals surface area (Å²) in [5.74, 6) is -5.07. The molecule has 0 spiro atoms. The van der Waals surface area contributed by atoms with Crippen LogP contribution in [0.15, 0.2) is 118 Å². The van der Waals surface area contributed by atoms with E-state index in [0.717, 1.165) is 20.6 Å². The van der Waals surface area contributed by atoms with Crippen LogP contribution in [-0.2, 0) is 24.6 Å². The quantitative estimate of drug-likeness (QED) is 0.161. The number of carbonyl (C=O) groups excluding carboxylic acids is 4. The van der Waals surface area contributed by atoms with Gasteiger partial charge in [0.1, 0.15) is 5.75 Å². The van der Waals surface area contributed by atoms with Crippen molar-refractivity contribution in [3.05, 3.63) is 134 Å². The third kappa shape index (κ3) is 4.75. The van der Waals surface area contributed by atoms with Gasteiger partial charge in [0.15, 0.2) is 0 Å². The molecule has 2 heterocycles. The fraction of sp³-hybridized carbons (Fsp3) is 0.231. The number of phenols is 1. The standard InChI is InChI=1S/C39H31Br2N3O5/c1-21-7-12-25(13-8-21)42-44-36(47)31-20-29-27(16-17-28-33(29)37(48)43(35(28)46)26-14-9-23(40)10-15-26)34(30-19-24(41)11-18-32(30)45)39(31,38(44)49)22-5-3-2-4-6-22/h2-16,18-19,28-29,31,33-34,42,45H,17,20H2,1H3/t28-,29+,31-,33-,34+,39+/m0/s1. The van der Waals surface area contributed by atoms with Crippen molar-refractivity contribution in [1.82, 2.24) is 5.01 Å². The van der Waals surface area contributed by atoms with E-state index in [9.17, 15) is 19.5 Å². The molecule has 0 aromatic heterocycles. The number of halogens is 2. The average molecular weight is 782 g/mol. The number of hydrogen-bond acceptors (Lipinski definition) is 6. The number of benzene rings is 4. The molecule has 4 aromatic carbocycles. The summed E-state index contributed by atoms with van der Waals surface area (Å²) in [6.45, 7) is 1.96. The van der Waals surface area contributed by atoms with E-state index in [1.54, 1.807) is 42.5 Å². The van der Waals surface area contributed by atoms with Gasteiger partial charge in [0.25, 0.3) is 11.8 Å². The van der Waals surface area contributed by atoms with Gasteiger partial charge in [-0.3, -0.25) is 29.5 Å². The molecule has 4 aliphatic rings. The fourth-order valence-electron chi connectivity index (χ4n) is 8.69. The van der Waals surface area contributed by atoms with Crippen molar-refractivity contribution in [2.24, 2.45) is 23.7 Å². The molecule has 4 amide bonds. The Bertz CT molecular complexity index is 2070. The Kier molecular flexibility index (Phi) is 7.64. The summed E-state index contributed by atoms with van der Waals surface area (Å²) in [7, 11) is 0. The van der Waals surface area contributed by atoms with E-state index in [1.165, 1.54) is 4.90 Å². The lowest BCUT2D eigenvalue weighted by molar-refractivity contribution is -0.138. The number of nitrogens with one attached hydrogen (secondary N) is 1. The number of rotatable bonds is 5. The number of hydrogen-bond donors (Lipinski definition) is 2. The number of imide groups is 2. The number of carbonyl (C=O) groups is 4. The van der Waals surface area contributed by atoms with Gasteiger partial charge in [-0.25, -0.2) is 0 Å². The highest BCUT2D eigenvalue weighted by atomic mass is 79.9. The molecule has 10 heteroatoms. The monoisotopic (exact) mass is 779 g/mol. The fourth-order valence-corrected chi connectivity index (χ4v) is 9.34. The summed E-state index contributed by atoms with van der Waals surface area (Å²) in [5.41, 5.74) is 5.64. The lowest BCUT2D eigenvalue weighted by Gasteiger charge is -2.50. The van der Waals surface area contributed by atoms with Gasteiger partial charge >= 0.3 is 0 Å². The van der Waals surface area contributed by atoms with E-state index in [4.69, 9.17) is 0 Å². The highest BCUT2D eigenvalue weighted by Gasteiger charge is 2.70. The normalized spacial score (nSPS) is 27.5. The second-order valence-corrected chi connectivity index (χ2v) is 15.1. The summed E-state index contributed by atoms with van der Waals surface area (Å²) in [4.78, 5) is 59.6. The number of hydrazine groups is 1. The first-order chi connectivity index (χ1) is 23.6. The van der Waals surface area contributed by atoms with Crippen molar-refractivity contribution in [1.29, 1.82) is 0 Å². The van der Waals surface area contributed by atoms with E-state index < -0.39 is 46.8 Å².